The van der Waals surface area contributed by atoms with Crippen molar-refractivity contribution in [3.63, 3.8) is 0 Å². The zero-order valence-electron chi connectivity index (χ0n) is 11.1. The van der Waals surface area contributed by atoms with Crippen LogP contribution in [-0.4, -0.2) is 45.8 Å². The lowest BCUT2D eigenvalue weighted by atomic mass is 10.2. The van der Waals surface area contributed by atoms with Gasteiger partial charge in [-0.3, -0.25) is 4.90 Å². The SMILES string of the molecule is CNCC1CCCN1Cc1ncnn1C(C)C. The lowest BCUT2D eigenvalue weighted by Crippen LogP contribution is -2.37. The van der Waals surface area contributed by atoms with E-state index in [0.717, 1.165) is 18.9 Å². The number of nitrogens with zero attached hydrogens (tertiary/aromatic N) is 4. The molecule has 2 heterocycles. The largest absolute Gasteiger partial charge is 0.318 e. The van der Waals surface area contributed by atoms with Gasteiger partial charge in [0.25, 0.3) is 0 Å². The number of aromatic nitrogens is 3. The van der Waals surface area contributed by atoms with E-state index in [1.165, 1.54) is 19.4 Å². The molecule has 2 rings (SSSR count). The van der Waals surface area contributed by atoms with Gasteiger partial charge in [0.1, 0.15) is 12.2 Å². The van der Waals surface area contributed by atoms with Gasteiger partial charge in [0.15, 0.2) is 0 Å². The molecular weight excluding hydrogens is 214 g/mol. The molecule has 0 aliphatic carbocycles. The summed E-state index contributed by atoms with van der Waals surface area (Å²) in [7, 11) is 2.02. The van der Waals surface area contributed by atoms with Gasteiger partial charge in [-0.2, -0.15) is 5.10 Å². The normalized spacial score (nSPS) is 21.5. The molecule has 17 heavy (non-hydrogen) atoms. The fraction of sp³-hybridized carbons (Fsp3) is 0.833. The van der Waals surface area contributed by atoms with Gasteiger partial charge in [-0.1, -0.05) is 0 Å². The molecule has 0 radical (unpaired) electrons. The number of nitrogens with one attached hydrogen (secondary N) is 1. The molecule has 1 aromatic rings. The third-order valence-corrected chi connectivity index (χ3v) is 3.42. The van der Waals surface area contributed by atoms with Crippen LogP contribution >= 0.6 is 0 Å². The van der Waals surface area contributed by atoms with Gasteiger partial charge >= 0.3 is 0 Å². The minimum absolute atomic E-state index is 0.387. The average Bonchev–Trinajstić information content (AvgIpc) is 2.89. The second kappa shape index (κ2) is 5.60. The molecule has 0 saturated carbocycles. The highest BCUT2D eigenvalue weighted by molar-refractivity contribution is 4.90. The molecule has 0 spiro atoms. The van der Waals surface area contributed by atoms with Crippen LogP contribution in [0, 0.1) is 0 Å². The summed E-state index contributed by atoms with van der Waals surface area (Å²) in [5, 5.41) is 7.56. The first-order chi connectivity index (χ1) is 8.22. The highest BCUT2D eigenvalue weighted by atomic mass is 15.4. The summed E-state index contributed by atoms with van der Waals surface area (Å²) in [6.07, 6.45) is 4.25. The molecule has 96 valence electrons. The summed E-state index contributed by atoms with van der Waals surface area (Å²) >= 11 is 0. The smallest absolute Gasteiger partial charge is 0.141 e. The minimum atomic E-state index is 0.387. The van der Waals surface area contributed by atoms with Crippen molar-refractivity contribution in [3.05, 3.63) is 12.2 Å². The minimum Gasteiger partial charge on any atom is -0.318 e. The number of hydrogen-bond donors (Lipinski definition) is 1. The Labute approximate surface area is 103 Å². The lowest BCUT2D eigenvalue weighted by Gasteiger charge is -2.24. The van der Waals surface area contributed by atoms with Crippen LogP contribution in [0.25, 0.3) is 0 Å². The predicted molar refractivity (Wildman–Crippen MR) is 67.8 cm³/mol. The fourth-order valence-corrected chi connectivity index (χ4v) is 2.57. The summed E-state index contributed by atoms with van der Waals surface area (Å²) in [6.45, 7) is 7.46. The topological polar surface area (TPSA) is 46.0 Å². The highest BCUT2D eigenvalue weighted by Crippen LogP contribution is 2.19. The van der Waals surface area contributed by atoms with E-state index in [1.54, 1.807) is 6.33 Å². The summed E-state index contributed by atoms with van der Waals surface area (Å²) in [6, 6.07) is 1.04. The second-order valence-electron chi connectivity index (χ2n) is 5.04. The van der Waals surface area contributed by atoms with Crippen LogP contribution in [0.2, 0.25) is 0 Å². The Bertz CT molecular complexity index is 346. The maximum atomic E-state index is 4.39. The van der Waals surface area contributed by atoms with Gasteiger partial charge in [0.05, 0.1) is 6.54 Å². The molecule has 5 heteroatoms. The molecule has 1 fully saturated rings. The average molecular weight is 237 g/mol. The van der Waals surface area contributed by atoms with Crippen molar-refractivity contribution in [2.45, 2.75) is 45.3 Å². The second-order valence-corrected chi connectivity index (χ2v) is 5.04. The molecule has 1 saturated heterocycles. The first-order valence-corrected chi connectivity index (χ1v) is 6.49. The van der Waals surface area contributed by atoms with E-state index >= 15 is 0 Å². The van der Waals surface area contributed by atoms with E-state index < -0.39 is 0 Å². The fourth-order valence-electron chi connectivity index (χ4n) is 2.57. The highest BCUT2D eigenvalue weighted by Gasteiger charge is 2.25. The molecule has 1 atom stereocenters. The van der Waals surface area contributed by atoms with E-state index in [9.17, 15) is 0 Å². The van der Waals surface area contributed by atoms with Crippen LogP contribution in [0.3, 0.4) is 0 Å². The molecule has 0 bridgehead atoms. The molecular formula is C12H23N5. The summed E-state index contributed by atoms with van der Waals surface area (Å²) in [5.41, 5.74) is 0. The molecule has 1 aliphatic rings. The van der Waals surface area contributed by atoms with Crippen LogP contribution in [0.5, 0.6) is 0 Å². The molecule has 5 nitrogen and oxygen atoms in total. The molecule has 0 amide bonds. The van der Waals surface area contributed by atoms with E-state index in [4.69, 9.17) is 0 Å². The van der Waals surface area contributed by atoms with Crippen molar-refractivity contribution in [2.75, 3.05) is 20.1 Å². The van der Waals surface area contributed by atoms with E-state index in [2.05, 4.69) is 34.1 Å². The van der Waals surface area contributed by atoms with Crippen LogP contribution in [0.1, 0.15) is 38.6 Å². The number of likely N-dealkylation sites (N-methyl/N-ethyl adjacent to an activating group) is 1. The zero-order chi connectivity index (χ0) is 12.3. The number of hydrogen-bond acceptors (Lipinski definition) is 4. The Morgan fingerprint density at radius 2 is 2.35 bits per heavy atom. The van der Waals surface area contributed by atoms with Gasteiger partial charge in [-0.15, -0.1) is 0 Å². The van der Waals surface area contributed by atoms with Gasteiger partial charge in [0.2, 0.25) is 0 Å². The van der Waals surface area contributed by atoms with Gasteiger partial charge in [-0.25, -0.2) is 9.67 Å². The van der Waals surface area contributed by atoms with Crippen molar-refractivity contribution in [3.8, 4) is 0 Å². The number of likely N-dealkylation sites (tertiary alicyclic amines) is 1. The predicted octanol–water partition coefficient (Wildman–Crippen LogP) is 1.04. The van der Waals surface area contributed by atoms with Gasteiger partial charge < -0.3 is 5.32 Å². The Kier molecular flexibility index (Phi) is 4.12. The van der Waals surface area contributed by atoms with E-state index in [-0.39, 0.29) is 0 Å². The van der Waals surface area contributed by atoms with Crippen molar-refractivity contribution in [2.24, 2.45) is 0 Å². The monoisotopic (exact) mass is 237 g/mol. The third-order valence-electron chi connectivity index (χ3n) is 3.42. The van der Waals surface area contributed by atoms with Crippen LogP contribution in [-0.2, 0) is 6.54 Å². The Balaban J connectivity index is 2.02. The summed E-state index contributed by atoms with van der Waals surface area (Å²) in [4.78, 5) is 6.90. The van der Waals surface area contributed by atoms with Crippen LogP contribution in [0.4, 0.5) is 0 Å². The Morgan fingerprint density at radius 3 is 3.06 bits per heavy atom. The molecule has 0 aromatic carbocycles. The van der Waals surface area contributed by atoms with Crippen LogP contribution < -0.4 is 5.32 Å². The van der Waals surface area contributed by atoms with Crippen LogP contribution in [0.15, 0.2) is 6.33 Å². The van der Waals surface area contributed by atoms with Crippen molar-refractivity contribution < 1.29 is 0 Å². The van der Waals surface area contributed by atoms with Crippen molar-refractivity contribution in [1.29, 1.82) is 0 Å². The standard InChI is InChI=1S/C12H23N5/c1-10(2)17-12(14-9-15-17)8-16-6-4-5-11(16)7-13-3/h9-11,13H,4-8H2,1-3H3. The maximum Gasteiger partial charge on any atom is 0.141 e. The molecule has 1 unspecified atom stereocenters. The van der Waals surface area contributed by atoms with Crippen molar-refractivity contribution in [1.82, 2.24) is 25.0 Å². The third kappa shape index (κ3) is 2.84. The Hall–Kier alpha value is -0.940. The van der Waals surface area contributed by atoms with Gasteiger partial charge in [0, 0.05) is 18.6 Å². The first-order valence-electron chi connectivity index (χ1n) is 6.49. The zero-order valence-corrected chi connectivity index (χ0v) is 11.1. The lowest BCUT2D eigenvalue weighted by molar-refractivity contribution is 0.230. The quantitative estimate of drug-likeness (QED) is 0.831. The maximum absolute atomic E-state index is 4.39. The number of rotatable bonds is 5. The van der Waals surface area contributed by atoms with Crippen molar-refractivity contribution >= 4 is 0 Å². The summed E-state index contributed by atoms with van der Waals surface area (Å²) < 4.78 is 2.02. The van der Waals surface area contributed by atoms with E-state index in [0.29, 0.717) is 12.1 Å². The molecule has 1 aliphatic heterocycles. The molecule has 1 aromatic heterocycles. The Morgan fingerprint density at radius 1 is 1.53 bits per heavy atom. The summed E-state index contributed by atoms with van der Waals surface area (Å²) in [5.74, 6) is 1.09. The van der Waals surface area contributed by atoms with E-state index in [1.807, 2.05) is 11.7 Å². The first kappa shape index (κ1) is 12.5. The molecule has 1 N–H and O–H groups in total. The van der Waals surface area contributed by atoms with Gasteiger partial charge in [-0.05, 0) is 40.3 Å².